The molecule has 1 aliphatic carbocycles. The second-order valence-electron chi connectivity index (χ2n) is 7.77. The summed E-state index contributed by atoms with van der Waals surface area (Å²) < 4.78 is -1.35. The molecule has 12 heteroatoms. The lowest BCUT2D eigenvalue weighted by Crippen LogP contribution is -2.17. The van der Waals surface area contributed by atoms with Crippen molar-refractivity contribution in [1.82, 2.24) is 0 Å². The number of nitrogens with one attached hydrogen (secondary N) is 2. The molecule has 3 aromatic carbocycles. The first kappa shape index (κ1) is 25.5. The van der Waals surface area contributed by atoms with Crippen LogP contribution in [0, 0.1) is 16.0 Å². The zero-order valence-corrected chi connectivity index (χ0v) is 21.2. The van der Waals surface area contributed by atoms with Crippen LogP contribution in [0.5, 0.6) is 0 Å². The zero-order valence-electron chi connectivity index (χ0n) is 17.4. The summed E-state index contributed by atoms with van der Waals surface area (Å²) in [6, 6.07) is 14.5. The third kappa shape index (κ3) is 5.50. The number of halogens is 5. The van der Waals surface area contributed by atoms with Crippen LogP contribution in [0.1, 0.15) is 21.8 Å². The highest BCUT2D eigenvalue weighted by molar-refractivity contribution is 6.53. The summed E-state index contributed by atoms with van der Waals surface area (Å²) in [4.78, 5) is 35.7. The average molecular weight is 574 g/mol. The van der Waals surface area contributed by atoms with E-state index >= 15 is 0 Å². The average Bonchev–Trinajstić information content (AvgIpc) is 3.37. The van der Waals surface area contributed by atoms with Gasteiger partial charge in [0, 0.05) is 39.3 Å². The number of hydrogen-bond donors (Lipinski definition) is 2. The first-order valence-corrected chi connectivity index (χ1v) is 11.9. The Bertz CT molecular complexity index is 1330. The van der Waals surface area contributed by atoms with Crippen molar-refractivity contribution in [1.29, 1.82) is 0 Å². The van der Waals surface area contributed by atoms with E-state index in [9.17, 15) is 19.7 Å². The predicted octanol–water partition coefficient (Wildman–Crippen LogP) is 7.33. The van der Waals surface area contributed by atoms with Gasteiger partial charge in [-0.1, -0.05) is 34.8 Å². The van der Waals surface area contributed by atoms with Crippen molar-refractivity contribution in [3.8, 4) is 0 Å². The van der Waals surface area contributed by atoms with Crippen molar-refractivity contribution in [2.75, 3.05) is 10.6 Å². The van der Waals surface area contributed by atoms with Gasteiger partial charge >= 0.3 is 0 Å². The molecule has 0 heterocycles. The van der Waals surface area contributed by atoms with Crippen LogP contribution >= 0.6 is 58.0 Å². The molecule has 2 N–H and O–H groups in total. The molecule has 35 heavy (non-hydrogen) atoms. The quantitative estimate of drug-likeness (QED) is 0.183. The molecule has 7 nitrogen and oxygen atoms in total. The van der Waals surface area contributed by atoms with Gasteiger partial charge in [-0.15, -0.1) is 23.2 Å². The molecule has 3 aromatic rings. The number of nitro benzene ring substituents is 1. The highest BCUT2D eigenvalue weighted by atomic mass is 35.5. The molecule has 180 valence electrons. The molecular formula is C23H14Cl5N3O4. The number of hydrogen-bond acceptors (Lipinski definition) is 4. The molecule has 2 atom stereocenters. The number of alkyl halides is 2. The van der Waals surface area contributed by atoms with Crippen molar-refractivity contribution in [3.63, 3.8) is 0 Å². The number of non-ortho nitro benzene ring substituents is 1. The molecular weight excluding hydrogens is 560 g/mol. The minimum absolute atomic E-state index is 0.141. The fraction of sp³-hybridized carbons (Fsp3) is 0.130. The number of benzene rings is 3. The van der Waals surface area contributed by atoms with Crippen molar-refractivity contribution >= 4 is 86.9 Å². The largest absolute Gasteiger partial charge is 0.326 e. The molecule has 1 fully saturated rings. The molecule has 2 unspecified atom stereocenters. The van der Waals surface area contributed by atoms with Crippen molar-refractivity contribution < 1.29 is 14.5 Å². The van der Waals surface area contributed by atoms with Crippen molar-refractivity contribution in [2.24, 2.45) is 5.92 Å². The molecule has 0 bridgehead atoms. The maximum absolute atomic E-state index is 12.9. The Kier molecular flexibility index (Phi) is 7.18. The molecule has 4 rings (SSSR count). The van der Waals surface area contributed by atoms with Gasteiger partial charge in [0.1, 0.15) is 4.33 Å². The third-order valence-electron chi connectivity index (χ3n) is 5.40. The maximum Gasteiger partial charge on any atom is 0.269 e. The van der Waals surface area contributed by atoms with Crippen LogP contribution in [0.25, 0.3) is 0 Å². The lowest BCUT2D eigenvalue weighted by atomic mass is 10.1. The van der Waals surface area contributed by atoms with E-state index < -0.39 is 32.9 Å². The van der Waals surface area contributed by atoms with Crippen LogP contribution in [0.3, 0.4) is 0 Å². The Morgan fingerprint density at radius 1 is 0.886 bits per heavy atom. The number of carbonyl (C=O) groups is 2. The van der Waals surface area contributed by atoms with Gasteiger partial charge in [0.05, 0.1) is 21.6 Å². The molecule has 1 saturated carbocycles. The molecule has 2 amide bonds. The van der Waals surface area contributed by atoms with Gasteiger partial charge in [-0.05, 0) is 54.1 Å². The molecule has 0 aromatic heterocycles. The molecule has 1 aliphatic rings. The Hall–Kier alpha value is -2.55. The Morgan fingerprint density at radius 2 is 1.51 bits per heavy atom. The Labute approximate surface area is 224 Å². The van der Waals surface area contributed by atoms with Gasteiger partial charge in [-0.3, -0.25) is 19.7 Å². The minimum atomic E-state index is -1.35. The SMILES string of the molecule is O=C(Nc1cc(NC(=O)C2C(c3cc(Cl)cc(Cl)c3)C2(Cl)Cl)ccc1Cl)c1ccc([N+](=O)[O-])cc1. The van der Waals surface area contributed by atoms with Gasteiger partial charge in [-0.25, -0.2) is 0 Å². The normalized spacial score (nSPS) is 18.0. The summed E-state index contributed by atoms with van der Waals surface area (Å²) in [7, 11) is 0. The predicted molar refractivity (Wildman–Crippen MR) is 138 cm³/mol. The second kappa shape index (κ2) is 9.84. The topological polar surface area (TPSA) is 101 Å². The van der Waals surface area contributed by atoms with Crippen LogP contribution in [0.15, 0.2) is 60.7 Å². The van der Waals surface area contributed by atoms with Crippen LogP contribution in [-0.2, 0) is 4.79 Å². The number of amides is 2. The molecule has 0 saturated heterocycles. The lowest BCUT2D eigenvalue weighted by molar-refractivity contribution is -0.384. The van der Waals surface area contributed by atoms with Crippen LogP contribution in [-0.4, -0.2) is 21.1 Å². The summed E-state index contributed by atoms with van der Waals surface area (Å²) in [5.41, 5.74) is 1.26. The number of nitro groups is 1. The standard InChI is InChI=1S/C23H14Cl5N3O4/c24-13-7-12(8-14(25)9-13)19-20(23(19,27)28)22(33)29-15-3-6-17(26)18(10-15)30-21(32)11-1-4-16(5-2-11)31(34)35/h1-10,19-20H,(H,29,33)(H,30,32). The summed E-state index contributed by atoms with van der Waals surface area (Å²) >= 11 is 31.1. The summed E-state index contributed by atoms with van der Waals surface area (Å²) in [6.07, 6.45) is 0. The monoisotopic (exact) mass is 571 g/mol. The molecule has 0 radical (unpaired) electrons. The Balaban J connectivity index is 1.48. The molecule has 0 aliphatic heterocycles. The molecule has 0 spiro atoms. The van der Waals surface area contributed by atoms with E-state index in [1.54, 1.807) is 24.3 Å². The number of anilines is 2. The number of rotatable bonds is 6. The van der Waals surface area contributed by atoms with E-state index in [1.165, 1.54) is 36.4 Å². The van der Waals surface area contributed by atoms with Gasteiger partial charge in [0.2, 0.25) is 5.91 Å². The van der Waals surface area contributed by atoms with Crippen molar-refractivity contribution in [3.05, 3.63) is 97.0 Å². The van der Waals surface area contributed by atoms with E-state index in [2.05, 4.69) is 10.6 Å². The van der Waals surface area contributed by atoms with E-state index in [1.807, 2.05) is 0 Å². The van der Waals surface area contributed by atoms with Crippen LogP contribution in [0.2, 0.25) is 15.1 Å². The van der Waals surface area contributed by atoms with Crippen molar-refractivity contribution in [2.45, 2.75) is 10.3 Å². The lowest BCUT2D eigenvalue weighted by Gasteiger charge is -2.11. The summed E-state index contributed by atoms with van der Waals surface area (Å²) in [5.74, 6) is -2.26. The van der Waals surface area contributed by atoms with E-state index in [-0.39, 0.29) is 22.0 Å². The van der Waals surface area contributed by atoms with E-state index in [0.29, 0.717) is 21.3 Å². The third-order valence-corrected chi connectivity index (χ3v) is 7.11. The summed E-state index contributed by atoms with van der Waals surface area (Å²) in [6.45, 7) is 0. The van der Waals surface area contributed by atoms with Crippen LogP contribution in [0.4, 0.5) is 17.1 Å². The minimum Gasteiger partial charge on any atom is -0.326 e. The first-order chi connectivity index (χ1) is 16.5. The van der Waals surface area contributed by atoms with E-state index in [4.69, 9.17) is 58.0 Å². The second-order valence-corrected chi connectivity index (χ2v) is 10.5. The van der Waals surface area contributed by atoms with Gasteiger partial charge in [0.25, 0.3) is 11.6 Å². The highest BCUT2D eigenvalue weighted by Gasteiger charge is 2.67. The smallest absolute Gasteiger partial charge is 0.269 e. The van der Waals surface area contributed by atoms with Crippen LogP contribution < -0.4 is 10.6 Å². The fourth-order valence-electron chi connectivity index (χ4n) is 3.67. The van der Waals surface area contributed by atoms with E-state index in [0.717, 1.165) is 0 Å². The first-order valence-electron chi connectivity index (χ1n) is 9.97. The van der Waals surface area contributed by atoms with Gasteiger partial charge < -0.3 is 10.6 Å². The maximum atomic E-state index is 12.9. The Morgan fingerprint density at radius 3 is 2.11 bits per heavy atom. The van der Waals surface area contributed by atoms with Gasteiger partial charge in [-0.2, -0.15) is 0 Å². The fourth-order valence-corrected chi connectivity index (χ4v) is 5.21. The number of nitrogens with zero attached hydrogens (tertiary/aromatic N) is 1. The highest BCUT2D eigenvalue weighted by Crippen LogP contribution is 2.65. The van der Waals surface area contributed by atoms with Gasteiger partial charge in [0.15, 0.2) is 0 Å². The number of carbonyl (C=O) groups excluding carboxylic acids is 2. The summed E-state index contributed by atoms with van der Waals surface area (Å²) in [5, 5.41) is 17.2. The zero-order chi connectivity index (χ0) is 25.5.